The van der Waals surface area contributed by atoms with Crippen molar-refractivity contribution < 1.29 is 13.5 Å². The summed E-state index contributed by atoms with van der Waals surface area (Å²) in [5.41, 5.74) is 6.31. The van der Waals surface area contributed by atoms with Crippen LogP contribution in [0.25, 0.3) is 0 Å². The van der Waals surface area contributed by atoms with Crippen molar-refractivity contribution in [2.45, 2.75) is 37.3 Å². The number of methoxy groups -OCH3 is 1. The fourth-order valence-electron chi connectivity index (χ4n) is 2.63. The van der Waals surface area contributed by atoms with Gasteiger partial charge in [0.1, 0.15) is 0 Å². The number of ether oxygens (including phenoxy) is 1. The average molecular weight is 241 g/mol. The van der Waals surface area contributed by atoms with E-state index in [9.17, 15) is 8.78 Å². The van der Waals surface area contributed by atoms with Crippen LogP contribution < -0.4 is 5.73 Å². The lowest BCUT2D eigenvalue weighted by Gasteiger charge is -2.34. The molecule has 0 saturated heterocycles. The highest BCUT2D eigenvalue weighted by molar-refractivity contribution is 5.24. The van der Waals surface area contributed by atoms with Gasteiger partial charge in [-0.3, -0.25) is 0 Å². The second-order valence-electron chi connectivity index (χ2n) is 4.63. The molecule has 1 aromatic carbocycles. The zero-order chi connectivity index (χ0) is 12.5. The predicted octanol–water partition coefficient (Wildman–Crippen LogP) is 2.92. The minimum Gasteiger partial charge on any atom is -0.376 e. The fourth-order valence-corrected chi connectivity index (χ4v) is 2.63. The Morgan fingerprint density at radius 3 is 2.41 bits per heavy atom. The summed E-state index contributed by atoms with van der Waals surface area (Å²) in [5.74, 6) is -1.71. The van der Waals surface area contributed by atoms with Gasteiger partial charge >= 0.3 is 0 Å². The summed E-state index contributed by atoms with van der Waals surface area (Å²) < 4.78 is 31.6. The molecule has 17 heavy (non-hydrogen) atoms. The van der Waals surface area contributed by atoms with Crippen molar-refractivity contribution in [2.24, 2.45) is 5.73 Å². The van der Waals surface area contributed by atoms with Crippen molar-refractivity contribution in [1.82, 2.24) is 0 Å². The molecule has 0 radical (unpaired) electrons. The van der Waals surface area contributed by atoms with Crippen molar-refractivity contribution >= 4 is 0 Å². The zero-order valence-corrected chi connectivity index (χ0v) is 9.88. The molecule has 2 nitrogen and oxygen atoms in total. The molecule has 1 aliphatic carbocycles. The van der Waals surface area contributed by atoms with E-state index in [1.807, 2.05) is 0 Å². The molecule has 1 fully saturated rings. The molecule has 4 heteroatoms. The van der Waals surface area contributed by atoms with Gasteiger partial charge in [0.25, 0.3) is 0 Å². The Kier molecular flexibility index (Phi) is 3.45. The van der Waals surface area contributed by atoms with E-state index in [1.165, 1.54) is 12.1 Å². The lowest BCUT2D eigenvalue weighted by molar-refractivity contribution is -0.0264. The molecule has 2 rings (SSSR count). The SMILES string of the molecule is COC1(C(N)c2ccc(F)c(F)c2)CCCC1. The van der Waals surface area contributed by atoms with Crippen LogP contribution in [-0.2, 0) is 4.74 Å². The molecule has 1 saturated carbocycles. The zero-order valence-electron chi connectivity index (χ0n) is 9.88. The third-order valence-corrected chi connectivity index (χ3v) is 3.73. The Morgan fingerprint density at radius 2 is 1.88 bits per heavy atom. The van der Waals surface area contributed by atoms with E-state index < -0.39 is 23.3 Å². The summed E-state index contributed by atoms with van der Waals surface area (Å²) in [7, 11) is 1.63. The number of benzene rings is 1. The molecule has 0 aliphatic heterocycles. The second kappa shape index (κ2) is 4.70. The summed E-state index contributed by atoms with van der Waals surface area (Å²) in [6.07, 6.45) is 3.85. The average Bonchev–Trinajstić information content (AvgIpc) is 2.81. The number of hydrogen-bond acceptors (Lipinski definition) is 2. The van der Waals surface area contributed by atoms with Crippen molar-refractivity contribution in [2.75, 3.05) is 7.11 Å². The molecule has 1 aliphatic rings. The first-order valence-corrected chi connectivity index (χ1v) is 5.85. The van der Waals surface area contributed by atoms with Gasteiger partial charge in [-0.25, -0.2) is 8.78 Å². The summed E-state index contributed by atoms with van der Waals surface area (Å²) in [6.45, 7) is 0. The third kappa shape index (κ3) is 2.19. The smallest absolute Gasteiger partial charge is 0.159 e. The maximum absolute atomic E-state index is 13.2. The topological polar surface area (TPSA) is 35.2 Å². The van der Waals surface area contributed by atoms with Crippen LogP contribution in [0.15, 0.2) is 18.2 Å². The molecule has 0 aromatic heterocycles. The molecule has 0 amide bonds. The first kappa shape index (κ1) is 12.5. The van der Waals surface area contributed by atoms with Gasteiger partial charge in [-0.1, -0.05) is 18.9 Å². The Labute approximate surface area is 99.8 Å². The Bertz CT molecular complexity index is 402. The van der Waals surface area contributed by atoms with Crippen LogP contribution in [0, 0.1) is 11.6 Å². The van der Waals surface area contributed by atoms with E-state index in [4.69, 9.17) is 10.5 Å². The first-order valence-electron chi connectivity index (χ1n) is 5.85. The number of nitrogens with two attached hydrogens (primary N) is 1. The lowest BCUT2D eigenvalue weighted by Crippen LogP contribution is -2.40. The Balaban J connectivity index is 2.29. The second-order valence-corrected chi connectivity index (χ2v) is 4.63. The first-order chi connectivity index (χ1) is 8.09. The van der Waals surface area contributed by atoms with Crippen LogP contribution in [0.3, 0.4) is 0 Å². The van der Waals surface area contributed by atoms with Crippen molar-refractivity contribution in [3.63, 3.8) is 0 Å². The van der Waals surface area contributed by atoms with E-state index in [0.717, 1.165) is 31.7 Å². The van der Waals surface area contributed by atoms with Crippen LogP contribution in [0.1, 0.15) is 37.3 Å². The largest absolute Gasteiger partial charge is 0.376 e. The summed E-state index contributed by atoms with van der Waals surface area (Å²) in [4.78, 5) is 0. The Hall–Kier alpha value is -1.00. The molecule has 1 atom stereocenters. The summed E-state index contributed by atoms with van der Waals surface area (Å²) in [5, 5.41) is 0. The van der Waals surface area contributed by atoms with Gasteiger partial charge in [0.2, 0.25) is 0 Å². The van der Waals surface area contributed by atoms with Gasteiger partial charge in [0.05, 0.1) is 11.6 Å². The molecule has 1 unspecified atom stereocenters. The lowest BCUT2D eigenvalue weighted by atomic mass is 9.87. The van der Waals surface area contributed by atoms with Gasteiger partial charge < -0.3 is 10.5 Å². The minimum absolute atomic E-state index is 0.412. The quantitative estimate of drug-likeness (QED) is 0.883. The molecule has 2 N–H and O–H groups in total. The van der Waals surface area contributed by atoms with Gasteiger partial charge in [-0.2, -0.15) is 0 Å². The maximum atomic E-state index is 13.2. The predicted molar refractivity (Wildman–Crippen MR) is 61.5 cm³/mol. The number of rotatable bonds is 3. The minimum atomic E-state index is -0.859. The van der Waals surface area contributed by atoms with E-state index >= 15 is 0 Å². The third-order valence-electron chi connectivity index (χ3n) is 3.73. The standard InChI is InChI=1S/C13H17F2NO/c1-17-13(6-2-3-7-13)12(16)9-4-5-10(14)11(15)8-9/h4-5,8,12H,2-3,6-7,16H2,1H3. The van der Waals surface area contributed by atoms with E-state index in [1.54, 1.807) is 7.11 Å². The summed E-state index contributed by atoms with van der Waals surface area (Å²) in [6, 6.07) is 3.40. The van der Waals surface area contributed by atoms with Crippen LogP contribution in [0.5, 0.6) is 0 Å². The monoisotopic (exact) mass is 241 g/mol. The van der Waals surface area contributed by atoms with E-state index in [2.05, 4.69) is 0 Å². The van der Waals surface area contributed by atoms with Crippen LogP contribution >= 0.6 is 0 Å². The maximum Gasteiger partial charge on any atom is 0.159 e. The van der Waals surface area contributed by atoms with Crippen LogP contribution in [0.4, 0.5) is 8.78 Å². The van der Waals surface area contributed by atoms with Gasteiger partial charge in [-0.15, -0.1) is 0 Å². The van der Waals surface area contributed by atoms with Crippen LogP contribution in [0.2, 0.25) is 0 Å². The highest BCUT2D eigenvalue weighted by Gasteiger charge is 2.40. The molecular weight excluding hydrogens is 224 g/mol. The molecule has 0 spiro atoms. The van der Waals surface area contributed by atoms with Gasteiger partial charge in [0.15, 0.2) is 11.6 Å². The Morgan fingerprint density at radius 1 is 1.24 bits per heavy atom. The molecule has 0 bridgehead atoms. The van der Waals surface area contributed by atoms with E-state index in [-0.39, 0.29) is 0 Å². The van der Waals surface area contributed by atoms with Gasteiger partial charge in [0, 0.05) is 7.11 Å². The fraction of sp³-hybridized carbons (Fsp3) is 0.538. The highest BCUT2D eigenvalue weighted by atomic mass is 19.2. The normalized spacial score (nSPS) is 20.5. The highest BCUT2D eigenvalue weighted by Crippen LogP contribution is 2.41. The van der Waals surface area contributed by atoms with Crippen molar-refractivity contribution in [1.29, 1.82) is 0 Å². The molecule has 1 aromatic rings. The van der Waals surface area contributed by atoms with Crippen molar-refractivity contribution in [3.05, 3.63) is 35.4 Å². The molecule has 94 valence electrons. The van der Waals surface area contributed by atoms with Crippen LogP contribution in [-0.4, -0.2) is 12.7 Å². The van der Waals surface area contributed by atoms with Crippen molar-refractivity contribution in [3.8, 4) is 0 Å². The van der Waals surface area contributed by atoms with Gasteiger partial charge in [-0.05, 0) is 30.5 Å². The number of halogens is 2. The van der Waals surface area contributed by atoms with E-state index in [0.29, 0.717) is 5.56 Å². The summed E-state index contributed by atoms with van der Waals surface area (Å²) >= 11 is 0. The number of hydrogen-bond donors (Lipinski definition) is 1. The molecular formula is C13H17F2NO. The molecule has 0 heterocycles.